The van der Waals surface area contributed by atoms with Crippen LogP contribution in [0.15, 0.2) is 30.5 Å². The van der Waals surface area contributed by atoms with Crippen molar-refractivity contribution >= 4 is 17.4 Å². The maximum Gasteiger partial charge on any atom is 0.227 e. The molecule has 1 unspecified atom stereocenters. The molecule has 30 heavy (non-hydrogen) atoms. The molecule has 1 aromatic heterocycles. The Morgan fingerprint density at radius 1 is 1.03 bits per heavy atom. The van der Waals surface area contributed by atoms with Gasteiger partial charge in [-0.15, -0.1) is 0 Å². The van der Waals surface area contributed by atoms with Crippen LogP contribution in [0, 0.1) is 0 Å². The molecule has 1 amide bonds. The number of aliphatic hydroxyl groups excluding tert-OH is 1. The molecule has 0 saturated carbocycles. The lowest BCUT2D eigenvalue weighted by Gasteiger charge is -2.17. The molecule has 0 spiro atoms. The predicted octanol–water partition coefficient (Wildman–Crippen LogP) is 3.60. The third-order valence-electron chi connectivity index (χ3n) is 4.01. The van der Waals surface area contributed by atoms with Crippen molar-refractivity contribution in [3.8, 4) is 17.2 Å². The van der Waals surface area contributed by atoms with E-state index in [-0.39, 0.29) is 12.3 Å². The number of rotatable bonds is 12. The Bertz CT molecular complexity index is 809. The van der Waals surface area contributed by atoms with Crippen LogP contribution >= 0.6 is 0 Å². The van der Waals surface area contributed by atoms with Crippen LogP contribution in [-0.2, 0) is 11.3 Å². The van der Waals surface area contributed by atoms with Crippen LogP contribution in [0.2, 0.25) is 0 Å². The molecule has 0 saturated heterocycles. The lowest BCUT2D eigenvalue weighted by molar-refractivity contribution is -0.117. The normalized spacial score (nSPS) is 11.5. The number of hydrogen-bond donors (Lipinski definition) is 3. The molecule has 8 nitrogen and oxygen atoms in total. The Morgan fingerprint density at radius 3 is 2.23 bits per heavy atom. The number of carbonyl (C=O) groups excluding carboxylic acids is 1. The van der Waals surface area contributed by atoms with Crippen LogP contribution in [0.25, 0.3) is 0 Å². The molecule has 1 aromatic carbocycles. The molecule has 0 aliphatic heterocycles. The number of nitrogens with zero attached hydrogens (tertiary/aromatic N) is 1. The van der Waals surface area contributed by atoms with Crippen LogP contribution in [0.5, 0.6) is 17.2 Å². The molecule has 0 radical (unpaired) electrons. The Hall–Kier alpha value is -3.00. The summed E-state index contributed by atoms with van der Waals surface area (Å²) in [5, 5.41) is 15.2. The van der Waals surface area contributed by atoms with E-state index in [0.29, 0.717) is 49.4 Å². The van der Waals surface area contributed by atoms with Crippen LogP contribution in [0.3, 0.4) is 0 Å². The average Bonchev–Trinajstić information content (AvgIpc) is 2.69. The largest absolute Gasteiger partial charge is 0.493 e. The van der Waals surface area contributed by atoms with Gasteiger partial charge in [0.25, 0.3) is 0 Å². The van der Waals surface area contributed by atoms with Crippen molar-refractivity contribution in [2.45, 2.75) is 46.8 Å². The minimum Gasteiger partial charge on any atom is -0.493 e. The van der Waals surface area contributed by atoms with E-state index in [4.69, 9.17) is 14.2 Å². The molecule has 1 heterocycles. The number of pyridine rings is 1. The van der Waals surface area contributed by atoms with Gasteiger partial charge in [0.1, 0.15) is 11.6 Å². The quantitative estimate of drug-likeness (QED) is 0.485. The van der Waals surface area contributed by atoms with Gasteiger partial charge in [0.15, 0.2) is 11.5 Å². The number of carbonyl (C=O) groups is 1. The smallest absolute Gasteiger partial charge is 0.227 e. The molecule has 8 heteroatoms. The summed E-state index contributed by atoms with van der Waals surface area (Å²) >= 11 is 0. The molecule has 2 rings (SSSR count). The Kier molecular flexibility index (Phi) is 9.21. The highest BCUT2D eigenvalue weighted by Crippen LogP contribution is 2.35. The van der Waals surface area contributed by atoms with Gasteiger partial charge in [-0.2, -0.15) is 0 Å². The lowest BCUT2D eigenvalue weighted by atomic mass is 10.1. The van der Waals surface area contributed by atoms with E-state index in [1.54, 1.807) is 25.3 Å². The van der Waals surface area contributed by atoms with Gasteiger partial charge < -0.3 is 30.0 Å². The maximum atomic E-state index is 11.7. The second kappa shape index (κ2) is 11.9. The van der Waals surface area contributed by atoms with Crippen LogP contribution in [0.1, 0.15) is 39.7 Å². The van der Waals surface area contributed by atoms with Gasteiger partial charge in [-0.05, 0) is 45.9 Å². The zero-order valence-electron chi connectivity index (χ0n) is 18.0. The number of amides is 1. The van der Waals surface area contributed by atoms with Gasteiger partial charge in [0.2, 0.25) is 5.91 Å². The maximum absolute atomic E-state index is 11.7. The molecular weight excluding hydrogens is 386 g/mol. The molecule has 0 bridgehead atoms. The van der Waals surface area contributed by atoms with Crippen molar-refractivity contribution in [1.29, 1.82) is 0 Å². The Morgan fingerprint density at radius 2 is 1.67 bits per heavy atom. The highest BCUT2D eigenvalue weighted by molar-refractivity contribution is 5.90. The first-order valence-electron chi connectivity index (χ1n) is 10.2. The third-order valence-corrected chi connectivity index (χ3v) is 4.01. The van der Waals surface area contributed by atoms with E-state index in [0.717, 1.165) is 11.3 Å². The molecule has 1 atom stereocenters. The van der Waals surface area contributed by atoms with Crippen molar-refractivity contribution in [3.63, 3.8) is 0 Å². The van der Waals surface area contributed by atoms with Crippen molar-refractivity contribution in [3.05, 3.63) is 36.0 Å². The number of ether oxygens (including phenoxy) is 3. The highest BCUT2D eigenvalue weighted by atomic mass is 16.5. The summed E-state index contributed by atoms with van der Waals surface area (Å²) in [7, 11) is 0. The zero-order valence-corrected chi connectivity index (χ0v) is 18.0. The molecular formula is C22H31N3O5. The van der Waals surface area contributed by atoms with E-state index in [1.165, 1.54) is 0 Å². The molecule has 0 aliphatic carbocycles. The third kappa shape index (κ3) is 7.11. The topological polar surface area (TPSA) is 102 Å². The summed E-state index contributed by atoms with van der Waals surface area (Å²) in [4.78, 5) is 16.0. The average molecular weight is 418 g/mol. The standard InChI is InChI=1S/C22H31N3O5/c1-5-28-18-12-20(30-7-3)19(29-6-2)11-16(18)13-23-21-9-8-17(14-24-21)25-22(27)10-15(4)26/h8-9,11-12,14-15,26H,5-7,10,13H2,1-4H3,(H,23,24)(H,25,27). The SMILES string of the molecule is CCOc1cc(OCC)c(OCC)cc1CNc1ccc(NC(=O)CC(C)O)cn1. The Balaban J connectivity index is 2.09. The fourth-order valence-corrected chi connectivity index (χ4v) is 2.79. The minimum atomic E-state index is -0.686. The van der Waals surface area contributed by atoms with Gasteiger partial charge in [-0.25, -0.2) is 4.98 Å². The van der Waals surface area contributed by atoms with E-state index >= 15 is 0 Å². The second-order valence-electron chi connectivity index (χ2n) is 6.59. The minimum absolute atomic E-state index is 0.0418. The number of aromatic nitrogens is 1. The van der Waals surface area contributed by atoms with Gasteiger partial charge in [0.05, 0.1) is 44.2 Å². The highest BCUT2D eigenvalue weighted by Gasteiger charge is 2.13. The van der Waals surface area contributed by atoms with Crippen LogP contribution in [0.4, 0.5) is 11.5 Å². The first kappa shape index (κ1) is 23.3. The van der Waals surface area contributed by atoms with Crippen molar-refractivity contribution in [1.82, 2.24) is 4.98 Å². The monoisotopic (exact) mass is 417 g/mol. The fourth-order valence-electron chi connectivity index (χ4n) is 2.79. The Labute approximate surface area is 177 Å². The summed E-state index contributed by atoms with van der Waals surface area (Å²) in [6, 6.07) is 7.29. The molecule has 164 valence electrons. The van der Waals surface area contributed by atoms with E-state index in [2.05, 4.69) is 15.6 Å². The number of aliphatic hydroxyl groups is 1. The first-order valence-corrected chi connectivity index (χ1v) is 10.2. The summed E-state index contributed by atoms with van der Waals surface area (Å²) in [6.07, 6.45) is 0.921. The number of nitrogens with one attached hydrogen (secondary N) is 2. The summed E-state index contributed by atoms with van der Waals surface area (Å²) in [5.74, 6) is 2.44. The zero-order chi connectivity index (χ0) is 21.9. The summed E-state index contributed by atoms with van der Waals surface area (Å²) in [5.41, 5.74) is 1.49. The molecule has 0 aliphatic rings. The lowest BCUT2D eigenvalue weighted by Crippen LogP contribution is -2.17. The van der Waals surface area contributed by atoms with Gasteiger partial charge in [0, 0.05) is 18.2 Å². The number of anilines is 2. The summed E-state index contributed by atoms with van der Waals surface area (Å²) < 4.78 is 17.2. The van der Waals surface area contributed by atoms with Gasteiger partial charge >= 0.3 is 0 Å². The number of benzene rings is 1. The van der Waals surface area contributed by atoms with E-state index in [1.807, 2.05) is 32.9 Å². The van der Waals surface area contributed by atoms with Gasteiger partial charge in [-0.3, -0.25) is 4.79 Å². The predicted molar refractivity (Wildman–Crippen MR) is 116 cm³/mol. The molecule has 0 fully saturated rings. The van der Waals surface area contributed by atoms with Crippen molar-refractivity contribution < 1.29 is 24.1 Å². The van der Waals surface area contributed by atoms with Crippen LogP contribution < -0.4 is 24.8 Å². The summed E-state index contributed by atoms with van der Waals surface area (Å²) in [6.45, 7) is 9.43. The number of hydrogen-bond acceptors (Lipinski definition) is 7. The molecule has 3 N–H and O–H groups in total. The van der Waals surface area contributed by atoms with Crippen molar-refractivity contribution in [2.24, 2.45) is 0 Å². The first-order chi connectivity index (χ1) is 14.5. The second-order valence-corrected chi connectivity index (χ2v) is 6.59. The van der Waals surface area contributed by atoms with Gasteiger partial charge in [-0.1, -0.05) is 0 Å². The van der Waals surface area contributed by atoms with Crippen LogP contribution in [-0.4, -0.2) is 41.9 Å². The van der Waals surface area contributed by atoms with E-state index < -0.39 is 6.10 Å². The fraction of sp³-hybridized carbons (Fsp3) is 0.455. The van der Waals surface area contributed by atoms with E-state index in [9.17, 15) is 9.90 Å². The van der Waals surface area contributed by atoms with Crippen molar-refractivity contribution in [2.75, 3.05) is 30.5 Å². The molecule has 2 aromatic rings.